The van der Waals surface area contributed by atoms with Crippen LogP contribution in [0.5, 0.6) is 0 Å². The van der Waals surface area contributed by atoms with E-state index in [1.807, 2.05) is 17.2 Å². The van der Waals surface area contributed by atoms with E-state index in [1.165, 1.54) is 11.3 Å². The highest BCUT2D eigenvalue weighted by Gasteiger charge is 2.16. The van der Waals surface area contributed by atoms with Crippen molar-refractivity contribution < 1.29 is 19.1 Å². The molecule has 0 radical (unpaired) electrons. The Kier molecular flexibility index (Phi) is 7.92. The summed E-state index contributed by atoms with van der Waals surface area (Å²) >= 11 is 1.26. The molecule has 0 saturated carbocycles. The van der Waals surface area contributed by atoms with Crippen molar-refractivity contribution >= 4 is 23.3 Å². The molecule has 0 unspecified atom stereocenters. The molecule has 1 rings (SSSR count). The lowest BCUT2D eigenvalue weighted by atomic mass is 10.3. The number of ether oxygens (including phenoxy) is 2. The number of hydrogen-bond donors (Lipinski definition) is 0. The van der Waals surface area contributed by atoms with E-state index in [9.17, 15) is 9.59 Å². The maximum Gasteiger partial charge on any atom is 0.367 e. The zero-order chi connectivity index (χ0) is 15.7. The van der Waals surface area contributed by atoms with Gasteiger partial charge in [-0.1, -0.05) is 6.92 Å². The smallest absolute Gasteiger partial charge is 0.367 e. The molecule has 0 aliphatic heterocycles. The molecular formula is C14H22N2O4S. The average molecular weight is 314 g/mol. The first-order valence-electron chi connectivity index (χ1n) is 7.10. The van der Waals surface area contributed by atoms with Crippen LogP contribution in [0.15, 0.2) is 5.38 Å². The summed E-state index contributed by atoms with van der Waals surface area (Å²) in [5, 5.41) is 2.17. The van der Waals surface area contributed by atoms with Crippen molar-refractivity contribution in [3.63, 3.8) is 0 Å². The first-order valence-corrected chi connectivity index (χ1v) is 7.98. The van der Waals surface area contributed by atoms with Crippen LogP contribution >= 0.6 is 11.3 Å². The molecule has 118 valence electrons. The quantitative estimate of drug-likeness (QED) is 0.650. The Hall–Kier alpha value is -1.47. The van der Waals surface area contributed by atoms with Gasteiger partial charge in [0.1, 0.15) is 0 Å². The second kappa shape index (κ2) is 9.46. The summed E-state index contributed by atoms with van der Waals surface area (Å²) in [4.78, 5) is 29.3. The number of hydrogen-bond acceptors (Lipinski definition) is 7. The summed E-state index contributed by atoms with van der Waals surface area (Å²) in [6.07, 6.45) is 0.925. The van der Waals surface area contributed by atoms with Crippen molar-refractivity contribution in [1.29, 1.82) is 0 Å². The zero-order valence-electron chi connectivity index (χ0n) is 12.8. The van der Waals surface area contributed by atoms with Crippen LogP contribution in [0.4, 0.5) is 0 Å². The molecule has 1 heterocycles. The fourth-order valence-electron chi connectivity index (χ4n) is 1.81. The van der Waals surface area contributed by atoms with Gasteiger partial charge >= 0.3 is 11.9 Å². The molecule has 21 heavy (non-hydrogen) atoms. The van der Waals surface area contributed by atoms with Gasteiger partial charge in [0.25, 0.3) is 0 Å². The van der Waals surface area contributed by atoms with E-state index in [2.05, 4.69) is 4.98 Å². The predicted molar refractivity (Wildman–Crippen MR) is 80.3 cm³/mol. The molecular weight excluding hydrogens is 292 g/mol. The summed E-state index contributed by atoms with van der Waals surface area (Å²) in [7, 11) is 0. The lowest BCUT2D eigenvalue weighted by molar-refractivity contribution is -0.144. The van der Waals surface area contributed by atoms with Gasteiger partial charge in [0.15, 0.2) is 0 Å². The molecule has 0 aliphatic carbocycles. The summed E-state index contributed by atoms with van der Waals surface area (Å²) < 4.78 is 9.87. The highest BCUT2D eigenvalue weighted by molar-refractivity contribution is 7.11. The summed E-state index contributed by atoms with van der Waals surface area (Å²) in [5.41, 5.74) is 0.765. The van der Waals surface area contributed by atoms with Gasteiger partial charge in [0.2, 0.25) is 5.01 Å². The molecule has 7 heteroatoms. The number of carbonyl (C=O) groups excluding carboxylic acids is 2. The number of rotatable bonds is 9. The minimum Gasteiger partial charge on any atom is -0.465 e. The number of aromatic nitrogens is 1. The monoisotopic (exact) mass is 314 g/mol. The van der Waals surface area contributed by atoms with E-state index in [0.717, 1.165) is 18.7 Å². The Labute approximate surface area is 129 Å². The van der Waals surface area contributed by atoms with Crippen LogP contribution in [0.2, 0.25) is 0 Å². The first kappa shape index (κ1) is 17.6. The maximum absolute atomic E-state index is 11.6. The van der Waals surface area contributed by atoms with Gasteiger partial charge in [-0.3, -0.25) is 9.69 Å². The lowest BCUT2D eigenvalue weighted by Gasteiger charge is -2.19. The molecule has 1 aromatic heterocycles. The van der Waals surface area contributed by atoms with E-state index in [4.69, 9.17) is 9.47 Å². The summed E-state index contributed by atoms with van der Waals surface area (Å²) in [6, 6.07) is 0. The third-order valence-corrected chi connectivity index (χ3v) is 3.46. The van der Waals surface area contributed by atoms with Gasteiger partial charge in [-0.15, -0.1) is 11.3 Å². The highest BCUT2D eigenvalue weighted by atomic mass is 32.1. The maximum atomic E-state index is 11.6. The third kappa shape index (κ3) is 6.22. The van der Waals surface area contributed by atoms with E-state index in [-0.39, 0.29) is 12.5 Å². The van der Waals surface area contributed by atoms with Crippen molar-refractivity contribution in [3.05, 3.63) is 16.1 Å². The van der Waals surface area contributed by atoms with Crippen molar-refractivity contribution in [1.82, 2.24) is 9.88 Å². The van der Waals surface area contributed by atoms with E-state index >= 15 is 0 Å². The number of thiazole rings is 1. The van der Waals surface area contributed by atoms with Gasteiger partial charge < -0.3 is 9.47 Å². The van der Waals surface area contributed by atoms with Crippen LogP contribution in [0.25, 0.3) is 0 Å². The fourth-order valence-corrected chi connectivity index (χ4v) is 2.51. The lowest BCUT2D eigenvalue weighted by Crippen LogP contribution is -2.31. The van der Waals surface area contributed by atoms with Crippen LogP contribution in [-0.4, -0.2) is 48.1 Å². The summed E-state index contributed by atoms with van der Waals surface area (Å²) in [6.45, 7) is 7.81. The van der Waals surface area contributed by atoms with E-state index < -0.39 is 5.97 Å². The Morgan fingerprint density at radius 3 is 2.57 bits per heavy atom. The third-order valence-electron chi connectivity index (χ3n) is 2.59. The van der Waals surface area contributed by atoms with Gasteiger partial charge in [0.05, 0.1) is 25.5 Å². The van der Waals surface area contributed by atoms with Gasteiger partial charge in [-0.25, -0.2) is 9.78 Å². The molecule has 0 saturated heterocycles. The van der Waals surface area contributed by atoms with Gasteiger partial charge in [-0.05, 0) is 26.8 Å². The molecule has 0 spiro atoms. The van der Waals surface area contributed by atoms with Crippen molar-refractivity contribution in [2.75, 3.05) is 26.3 Å². The van der Waals surface area contributed by atoms with Gasteiger partial charge in [0, 0.05) is 11.9 Å². The second-order valence-corrected chi connectivity index (χ2v) is 5.24. The molecule has 0 aliphatic rings. The number of carbonyl (C=O) groups is 2. The van der Waals surface area contributed by atoms with Crippen molar-refractivity contribution in [2.24, 2.45) is 0 Å². The number of nitrogens with zero attached hydrogens (tertiary/aromatic N) is 2. The molecule has 6 nitrogen and oxygen atoms in total. The largest absolute Gasteiger partial charge is 0.465 e. The first-order chi connectivity index (χ1) is 10.1. The van der Waals surface area contributed by atoms with Crippen LogP contribution in [0, 0.1) is 0 Å². The number of esters is 2. The highest BCUT2D eigenvalue weighted by Crippen LogP contribution is 2.13. The minimum absolute atomic E-state index is 0.230. The predicted octanol–water partition coefficient (Wildman–Crippen LogP) is 2.09. The molecule has 0 bridgehead atoms. The molecule has 1 aromatic rings. The van der Waals surface area contributed by atoms with Crippen molar-refractivity contribution in [2.45, 2.75) is 33.7 Å². The molecule has 0 atom stereocenters. The Bertz CT molecular complexity index is 462. The molecule has 0 fully saturated rings. The SMILES string of the molecule is CCCN(CC(=O)OCC)Cc1csc(C(=O)OCC)n1. The van der Waals surface area contributed by atoms with Crippen LogP contribution in [0.1, 0.15) is 42.7 Å². The summed E-state index contributed by atoms with van der Waals surface area (Å²) in [5.74, 6) is -0.645. The Morgan fingerprint density at radius 2 is 1.95 bits per heavy atom. The van der Waals surface area contributed by atoms with Crippen LogP contribution in [0.3, 0.4) is 0 Å². The molecule has 0 amide bonds. The van der Waals surface area contributed by atoms with Crippen LogP contribution in [-0.2, 0) is 20.8 Å². The zero-order valence-corrected chi connectivity index (χ0v) is 13.6. The van der Waals surface area contributed by atoms with E-state index in [0.29, 0.717) is 24.8 Å². The standard InChI is InChI=1S/C14H22N2O4S/c1-4-7-16(9-12(17)19-5-2)8-11-10-21-13(15-11)14(18)20-6-3/h10H,4-9H2,1-3H3. The molecule has 0 N–H and O–H groups in total. The minimum atomic E-state index is -0.402. The van der Waals surface area contributed by atoms with Crippen LogP contribution < -0.4 is 0 Å². The van der Waals surface area contributed by atoms with E-state index in [1.54, 1.807) is 13.8 Å². The Balaban J connectivity index is 2.62. The second-order valence-electron chi connectivity index (χ2n) is 4.38. The topological polar surface area (TPSA) is 68.7 Å². The normalized spacial score (nSPS) is 10.7. The molecule has 0 aromatic carbocycles. The van der Waals surface area contributed by atoms with Crippen molar-refractivity contribution in [3.8, 4) is 0 Å². The average Bonchev–Trinajstić information content (AvgIpc) is 2.88. The fraction of sp³-hybridized carbons (Fsp3) is 0.643. The Morgan fingerprint density at radius 1 is 1.24 bits per heavy atom. The van der Waals surface area contributed by atoms with Gasteiger partial charge in [-0.2, -0.15) is 0 Å².